The van der Waals surface area contributed by atoms with Crippen molar-refractivity contribution in [2.45, 2.75) is 20.3 Å². The van der Waals surface area contributed by atoms with Crippen molar-refractivity contribution in [2.24, 2.45) is 0 Å². The Labute approximate surface area is 158 Å². The first-order chi connectivity index (χ1) is 12.9. The van der Waals surface area contributed by atoms with Gasteiger partial charge in [-0.1, -0.05) is 24.3 Å². The molecule has 0 radical (unpaired) electrons. The molecule has 2 aromatic rings. The van der Waals surface area contributed by atoms with Crippen molar-refractivity contribution in [2.75, 3.05) is 20.8 Å². The highest BCUT2D eigenvalue weighted by atomic mass is 16.5. The smallest absolute Gasteiger partial charge is 0.276 e. The molecule has 0 spiro atoms. The summed E-state index contributed by atoms with van der Waals surface area (Å²) in [5.74, 6) is 0.984. The van der Waals surface area contributed by atoms with Gasteiger partial charge < -0.3 is 14.2 Å². The largest absolute Gasteiger partial charge is 0.493 e. The molecule has 0 unspecified atom stereocenters. The molecule has 0 atom stereocenters. The molecule has 2 aromatic carbocycles. The average Bonchev–Trinajstić information content (AvgIpc) is 2.65. The van der Waals surface area contributed by atoms with Crippen molar-refractivity contribution in [3.05, 3.63) is 53.1 Å². The van der Waals surface area contributed by atoms with Gasteiger partial charge in [0.25, 0.3) is 5.91 Å². The van der Waals surface area contributed by atoms with E-state index in [1.807, 2.05) is 32.0 Å². The summed E-state index contributed by atoms with van der Waals surface area (Å²) in [7, 11) is 3.07. The summed E-state index contributed by atoms with van der Waals surface area (Å²) in [5.41, 5.74) is 7.33. The molecular formula is C20H24N2O5. The fourth-order valence-electron chi connectivity index (χ4n) is 2.56. The minimum absolute atomic E-state index is 0.0817. The molecule has 0 aliphatic rings. The van der Waals surface area contributed by atoms with Gasteiger partial charge in [0.2, 0.25) is 5.91 Å². The lowest BCUT2D eigenvalue weighted by Crippen LogP contribution is -2.44. The number of hydrogen-bond donors (Lipinski definition) is 2. The number of rotatable bonds is 7. The number of hydrogen-bond acceptors (Lipinski definition) is 5. The maximum absolute atomic E-state index is 12.0. The highest BCUT2D eigenvalue weighted by Gasteiger charge is 2.11. The molecule has 2 rings (SSSR count). The summed E-state index contributed by atoms with van der Waals surface area (Å²) < 4.78 is 15.9. The summed E-state index contributed by atoms with van der Waals surface area (Å²) in [4.78, 5) is 23.9. The van der Waals surface area contributed by atoms with Crippen LogP contribution in [0.1, 0.15) is 16.7 Å². The van der Waals surface area contributed by atoms with Crippen molar-refractivity contribution >= 4 is 11.8 Å². The standard InChI is InChI=1S/C20H24N2O5/c1-13-6-5-7-14(2)20(13)27-12-19(24)22-21-18(23)11-15-8-9-16(25-3)17(10-15)26-4/h5-10H,11-12H2,1-4H3,(H,21,23)(H,22,24). The van der Waals surface area contributed by atoms with Crippen LogP contribution in [0.15, 0.2) is 36.4 Å². The molecule has 144 valence electrons. The van der Waals surface area contributed by atoms with Gasteiger partial charge in [-0.05, 0) is 42.7 Å². The van der Waals surface area contributed by atoms with Crippen LogP contribution < -0.4 is 25.1 Å². The molecular weight excluding hydrogens is 348 g/mol. The van der Waals surface area contributed by atoms with E-state index in [0.717, 1.165) is 16.7 Å². The number of para-hydroxylation sites is 1. The number of carbonyl (C=O) groups is 2. The molecule has 0 bridgehead atoms. The zero-order valence-corrected chi connectivity index (χ0v) is 15.9. The molecule has 0 heterocycles. The molecule has 7 nitrogen and oxygen atoms in total. The lowest BCUT2D eigenvalue weighted by atomic mass is 10.1. The van der Waals surface area contributed by atoms with Gasteiger partial charge in [-0.25, -0.2) is 0 Å². The van der Waals surface area contributed by atoms with E-state index in [-0.39, 0.29) is 18.9 Å². The monoisotopic (exact) mass is 372 g/mol. The lowest BCUT2D eigenvalue weighted by molar-refractivity contribution is -0.129. The molecule has 2 N–H and O–H groups in total. The SMILES string of the molecule is COc1ccc(CC(=O)NNC(=O)COc2c(C)cccc2C)cc1OC. The number of benzene rings is 2. The first-order valence-corrected chi connectivity index (χ1v) is 8.42. The van der Waals surface area contributed by atoms with Crippen LogP contribution in [0.2, 0.25) is 0 Å². The van der Waals surface area contributed by atoms with E-state index < -0.39 is 5.91 Å². The molecule has 0 saturated carbocycles. The van der Waals surface area contributed by atoms with Crippen molar-refractivity contribution in [3.8, 4) is 17.2 Å². The molecule has 0 aliphatic carbocycles. The predicted octanol–water partition coefficient (Wildman–Crippen LogP) is 2.09. The maximum Gasteiger partial charge on any atom is 0.276 e. The minimum atomic E-state index is -0.446. The second-order valence-corrected chi connectivity index (χ2v) is 5.97. The van der Waals surface area contributed by atoms with E-state index in [0.29, 0.717) is 17.2 Å². The maximum atomic E-state index is 12.0. The summed E-state index contributed by atoms with van der Waals surface area (Å²) in [6.07, 6.45) is 0.0817. The topological polar surface area (TPSA) is 85.9 Å². The quantitative estimate of drug-likeness (QED) is 0.727. The third kappa shape index (κ3) is 5.64. The van der Waals surface area contributed by atoms with Crippen LogP contribution in [0.4, 0.5) is 0 Å². The van der Waals surface area contributed by atoms with Gasteiger partial charge in [0.15, 0.2) is 18.1 Å². The van der Waals surface area contributed by atoms with Crippen LogP contribution in [0.3, 0.4) is 0 Å². The summed E-state index contributed by atoms with van der Waals surface area (Å²) in [5, 5.41) is 0. The fraction of sp³-hybridized carbons (Fsp3) is 0.300. The summed E-state index contributed by atoms with van der Waals surface area (Å²) >= 11 is 0. The van der Waals surface area contributed by atoms with E-state index in [4.69, 9.17) is 14.2 Å². The number of ether oxygens (including phenoxy) is 3. The van der Waals surface area contributed by atoms with Crippen molar-refractivity contribution in [1.29, 1.82) is 0 Å². The summed E-state index contributed by atoms with van der Waals surface area (Å²) in [6, 6.07) is 10.9. The number of methoxy groups -OCH3 is 2. The molecule has 0 saturated heterocycles. The van der Waals surface area contributed by atoms with Crippen molar-refractivity contribution < 1.29 is 23.8 Å². The van der Waals surface area contributed by atoms with Crippen molar-refractivity contribution in [3.63, 3.8) is 0 Å². The third-order valence-corrected chi connectivity index (χ3v) is 3.91. The second kappa shape index (κ2) is 9.47. The van der Waals surface area contributed by atoms with E-state index >= 15 is 0 Å². The Hall–Kier alpha value is -3.22. The number of carbonyl (C=O) groups excluding carboxylic acids is 2. The Bertz CT molecular complexity index is 800. The van der Waals surface area contributed by atoms with Crippen molar-refractivity contribution in [1.82, 2.24) is 10.9 Å². The van der Waals surface area contributed by atoms with Gasteiger partial charge in [0, 0.05) is 0 Å². The Morgan fingerprint density at radius 2 is 1.52 bits per heavy atom. The number of hydrazine groups is 1. The summed E-state index contributed by atoms with van der Waals surface area (Å²) in [6.45, 7) is 3.62. The Kier molecular flexibility index (Phi) is 7.05. The third-order valence-electron chi connectivity index (χ3n) is 3.91. The van der Waals surface area contributed by atoms with E-state index in [2.05, 4.69) is 10.9 Å². The van der Waals surface area contributed by atoms with Gasteiger partial charge in [0.05, 0.1) is 20.6 Å². The van der Waals surface area contributed by atoms with Gasteiger partial charge in [-0.2, -0.15) is 0 Å². The van der Waals surface area contributed by atoms with Crippen LogP contribution in [0, 0.1) is 13.8 Å². The van der Waals surface area contributed by atoms with Crippen LogP contribution >= 0.6 is 0 Å². The number of amides is 2. The lowest BCUT2D eigenvalue weighted by Gasteiger charge is -2.13. The Morgan fingerprint density at radius 1 is 0.889 bits per heavy atom. The molecule has 0 fully saturated rings. The van der Waals surface area contributed by atoms with E-state index in [1.165, 1.54) is 7.11 Å². The molecule has 0 aromatic heterocycles. The Balaban J connectivity index is 1.82. The predicted molar refractivity (Wildman–Crippen MR) is 101 cm³/mol. The van der Waals surface area contributed by atoms with Gasteiger partial charge in [-0.15, -0.1) is 0 Å². The minimum Gasteiger partial charge on any atom is -0.493 e. The van der Waals surface area contributed by atoms with Crippen LogP contribution in [0.25, 0.3) is 0 Å². The molecule has 27 heavy (non-hydrogen) atoms. The van der Waals surface area contributed by atoms with Gasteiger partial charge in [0.1, 0.15) is 5.75 Å². The van der Waals surface area contributed by atoms with Crippen LogP contribution in [0.5, 0.6) is 17.2 Å². The van der Waals surface area contributed by atoms with Crippen LogP contribution in [-0.2, 0) is 16.0 Å². The first kappa shape index (κ1) is 20.1. The molecule has 0 aliphatic heterocycles. The Morgan fingerprint density at radius 3 is 2.15 bits per heavy atom. The fourth-order valence-corrected chi connectivity index (χ4v) is 2.56. The highest BCUT2D eigenvalue weighted by molar-refractivity contribution is 5.84. The number of aryl methyl sites for hydroxylation is 2. The van der Waals surface area contributed by atoms with E-state index in [9.17, 15) is 9.59 Å². The first-order valence-electron chi connectivity index (χ1n) is 8.42. The van der Waals surface area contributed by atoms with Gasteiger partial charge in [-0.3, -0.25) is 20.4 Å². The van der Waals surface area contributed by atoms with E-state index in [1.54, 1.807) is 25.3 Å². The zero-order chi connectivity index (χ0) is 19.8. The molecule has 2 amide bonds. The van der Waals surface area contributed by atoms with Gasteiger partial charge >= 0.3 is 0 Å². The number of nitrogens with one attached hydrogen (secondary N) is 2. The van der Waals surface area contributed by atoms with Crippen LogP contribution in [-0.4, -0.2) is 32.6 Å². The average molecular weight is 372 g/mol. The highest BCUT2D eigenvalue weighted by Crippen LogP contribution is 2.27. The second-order valence-electron chi connectivity index (χ2n) is 5.97. The normalized spacial score (nSPS) is 10.1. The molecule has 7 heteroatoms. The zero-order valence-electron chi connectivity index (χ0n) is 15.9.